The second-order valence-electron chi connectivity index (χ2n) is 2.59. The van der Waals surface area contributed by atoms with Crippen LogP contribution in [0, 0.1) is 10.1 Å². The zero-order chi connectivity index (χ0) is 10.6. The molecule has 0 radical (unpaired) electrons. The molecule has 1 rings (SSSR count). The van der Waals surface area contributed by atoms with Crippen molar-refractivity contribution in [2.24, 2.45) is 0 Å². The molecule has 0 atom stereocenters. The third-order valence-corrected chi connectivity index (χ3v) is 1.99. The number of hydrogen-bond donors (Lipinski definition) is 0. The first kappa shape index (κ1) is 10.8. The predicted molar refractivity (Wildman–Crippen MR) is 53.8 cm³/mol. The van der Waals surface area contributed by atoms with Crippen molar-refractivity contribution >= 4 is 17.3 Å². The van der Waals surface area contributed by atoms with Crippen LogP contribution in [0.4, 0.5) is 5.69 Å². The number of nitro benzene ring substituents is 1. The van der Waals surface area contributed by atoms with Crippen molar-refractivity contribution in [1.29, 1.82) is 0 Å². The van der Waals surface area contributed by atoms with Gasteiger partial charge < -0.3 is 4.74 Å². The van der Waals surface area contributed by atoms with Gasteiger partial charge >= 0.3 is 5.69 Å². The van der Waals surface area contributed by atoms with Crippen LogP contribution >= 0.6 is 11.6 Å². The number of nitro groups is 1. The summed E-state index contributed by atoms with van der Waals surface area (Å²) in [5.41, 5.74) is 0.604. The Hall–Kier alpha value is -1.29. The van der Waals surface area contributed by atoms with Crippen molar-refractivity contribution in [3.8, 4) is 5.75 Å². The number of alkyl halides is 1. The molecule has 14 heavy (non-hydrogen) atoms. The molecule has 0 N–H and O–H groups in total. The summed E-state index contributed by atoms with van der Waals surface area (Å²) in [6.45, 7) is 2.16. The molecular weight excluding hydrogens is 206 g/mol. The first-order chi connectivity index (χ1) is 6.70. The molecule has 0 unspecified atom stereocenters. The van der Waals surface area contributed by atoms with Crippen LogP contribution in [0.2, 0.25) is 0 Å². The van der Waals surface area contributed by atoms with Gasteiger partial charge in [0.05, 0.1) is 17.4 Å². The highest BCUT2D eigenvalue weighted by molar-refractivity contribution is 6.17. The molecular formula is C9H10ClNO3. The van der Waals surface area contributed by atoms with E-state index in [0.29, 0.717) is 12.2 Å². The maximum atomic E-state index is 10.6. The first-order valence-electron chi connectivity index (χ1n) is 4.15. The van der Waals surface area contributed by atoms with Crippen LogP contribution in [0.15, 0.2) is 18.2 Å². The van der Waals surface area contributed by atoms with Crippen LogP contribution < -0.4 is 4.74 Å². The van der Waals surface area contributed by atoms with Crippen LogP contribution in [0.5, 0.6) is 5.75 Å². The van der Waals surface area contributed by atoms with Gasteiger partial charge in [0.15, 0.2) is 0 Å². The van der Waals surface area contributed by atoms with Gasteiger partial charge in [-0.2, -0.15) is 0 Å². The van der Waals surface area contributed by atoms with E-state index in [1.54, 1.807) is 19.1 Å². The van der Waals surface area contributed by atoms with Crippen LogP contribution in [0.1, 0.15) is 12.5 Å². The maximum Gasteiger partial charge on any atom is 0.311 e. The quantitative estimate of drug-likeness (QED) is 0.441. The van der Waals surface area contributed by atoms with Gasteiger partial charge in [-0.3, -0.25) is 10.1 Å². The molecule has 1 aromatic carbocycles. The molecule has 0 aliphatic rings. The van der Waals surface area contributed by atoms with Gasteiger partial charge in [-0.25, -0.2) is 0 Å². The molecule has 0 aromatic heterocycles. The smallest absolute Gasteiger partial charge is 0.311 e. The van der Waals surface area contributed by atoms with Crippen molar-refractivity contribution in [3.63, 3.8) is 0 Å². The minimum Gasteiger partial charge on any atom is -0.487 e. The van der Waals surface area contributed by atoms with E-state index in [2.05, 4.69) is 0 Å². The molecule has 4 nitrogen and oxygen atoms in total. The van der Waals surface area contributed by atoms with Crippen LogP contribution in [-0.4, -0.2) is 11.5 Å². The third-order valence-electron chi connectivity index (χ3n) is 1.71. The van der Waals surface area contributed by atoms with E-state index in [1.807, 2.05) is 0 Å². The SMILES string of the molecule is CCOc1c(CCl)cccc1[N+](=O)[O-]. The Morgan fingerprint density at radius 3 is 2.79 bits per heavy atom. The fourth-order valence-corrected chi connectivity index (χ4v) is 1.34. The zero-order valence-corrected chi connectivity index (χ0v) is 8.45. The fraction of sp³-hybridized carbons (Fsp3) is 0.333. The van der Waals surface area contributed by atoms with Gasteiger partial charge in [-0.15, -0.1) is 11.6 Å². The zero-order valence-electron chi connectivity index (χ0n) is 7.70. The van der Waals surface area contributed by atoms with Gasteiger partial charge in [0.1, 0.15) is 0 Å². The highest BCUT2D eigenvalue weighted by Gasteiger charge is 2.17. The highest BCUT2D eigenvalue weighted by atomic mass is 35.5. The molecule has 5 heteroatoms. The maximum absolute atomic E-state index is 10.6. The molecule has 76 valence electrons. The molecule has 0 bridgehead atoms. The van der Waals surface area contributed by atoms with Crippen LogP contribution in [0.3, 0.4) is 0 Å². The lowest BCUT2D eigenvalue weighted by Gasteiger charge is -2.07. The van der Waals surface area contributed by atoms with Gasteiger partial charge in [0.2, 0.25) is 5.75 Å². The molecule has 0 fully saturated rings. The van der Waals surface area contributed by atoms with E-state index in [4.69, 9.17) is 16.3 Å². The van der Waals surface area contributed by atoms with Crippen molar-refractivity contribution in [2.75, 3.05) is 6.61 Å². The number of halogens is 1. The van der Waals surface area contributed by atoms with Crippen LogP contribution in [-0.2, 0) is 5.88 Å². The van der Waals surface area contributed by atoms with E-state index < -0.39 is 4.92 Å². The summed E-state index contributed by atoms with van der Waals surface area (Å²) in [5.74, 6) is 0.479. The van der Waals surface area contributed by atoms with Gasteiger partial charge in [0, 0.05) is 11.6 Å². The summed E-state index contributed by atoms with van der Waals surface area (Å²) >= 11 is 5.64. The van der Waals surface area contributed by atoms with E-state index in [9.17, 15) is 10.1 Å². The monoisotopic (exact) mass is 215 g/mol. The number of ether oxygens (including phenoxy) is 1. The Kier molecular flexibility index (Phi) is 3.71. The average Bonchev–Trinajstić information content (AvgIpc) is 2.18. The molecule has 0 saturated carbocycles. The van der Waals surface area contributed by atoms with Gasteiger partial charge in [0.25, 0.3) is 0 Å². The summed E-state index contributed by atoms with van der Waals surface area (Å²) in [4.78, 5) is 10.2. The van der Waals surface area contributed by atoms with Gasteiger partial charge in [-0.1, -0.05) is 12.1 Å². The Balaban J connectivity index is 3.20. The Morgan fingerprint density at radius 1 is 1.57 bits per heavy atom. The second kappa shape index (κ2) is 4.81. The molecule has 1 aromatic rings. The minimum atomic E-state index is -0.471. The second-order valence-corrected chi connectivity index (χ2v) is 2.86. The summed E-state index contributed by atoms with van der Waals surface area (Å²) < 4.78 is 5.19. The lowest BCUT2D eigenvalue weighted by atomic mass is 10.2. The molecule has 0 aliphatic carbocycles. The van der Waals surface area contributed by atoms with E-state index >= 15 is 0 Å². The van der Waals surface area contributed by atoms with Crippen molar-refractivity contribution < 1.29 is 9.66 Å². The largest absolute Gasteiger partial charge is 0.487 e. The Bertz CT molecular complexity index is 341. The predicted octanol–water partition coefficient (Wildman–Crippen LogP) is 2.73. The normalized spacial score (nSPS) is 9.86. The summed E-state index contributed by atoms with van der Waals surface area (Å²) in [6, 6.07) is 4.71. The molecule has 0 spiro atoms. The highest BCUT2D eigenvalue weighted by Crippen LogP contribution is 2.31. The lowest BCUT2D eigenvalue weighted by Crippen LogP contribution is -2.00. The average molecular weight is 216 g/mol. The summed E-state index contributed by atoms with van der Waals surface area (Å²) in [6.07, 6.45) is 0. The van der Waals surface area contributed by atoms with Gasteiger partial charge in [-0.05, 0) is 6.92 Å². The molecule has 0 saturated heterocycles. The molecule has 0 amide bonds. The van der Waals surface area contributed by atoms with E-state index in [0.717, 1.165) is 0 Å². The first-order valence-corrected chi connectivity index (χ1v) is 4.69. The number of nitrogens with zero attached hydrogens (tertiary/aromatic N) is 1. The minimum absolute atomic E-state index is 0.0370. The number of rotatable bonds is 4. The van der Waals surface area contributed by atoms with E-state index in [-0.39, 0.29) is 17.3 Å². The van der Waals surface area contributed by atoms with Crippen molar-refractivity contribution in [1.82, 2.24) is 0 Å². The molecule has 0 aliphatic heterocycles. The summed E-state index contributed by atoms with van der Waals surface area (Å²) in [7, 11) is 0. The van der Waals surface area contributed by atoms with Crippen molar-refractivity contribution in [3.05, 3.63) is 33.9 Å². The molecule has 0 heterocycles. The van der Waals surface area contributed by atoms with E-state index in [1.165, 1.54) is 6.07 Å². The Labute approximate surface area is 86.6 Å². The number of benzene rings is 1. The third kappa shape index (κ3) is 2.14. The van der Waals surface area contributed by atoms with Crippen LogP contribution in [0.25, 0.3) is 0 Å². The Morgan fingerprint density at radius 2 is 2.29 bits per heavy atom. The number of para-hydroxylation sites is 1. The van der Waals surface area contributed by atoms with Crippen molar-refractivity contribution in [2.45, 2.75) is 12.8 Å². The summed E-state index contributed by atoms with van der Waals surface area (Å²) in [5, 5.41) is 10.6. The lowest BCUT2D eigenvalue weighted by molar-refractivity contribution is -0.385. The standard InChI is InChI=1S/C9H10ClNO3/c1-2-14-9-7(6-10)4-3-5-8(9)11(12)13/h3-5H,2,6H2,1H3. The number of hydrogen-bond acceptors (Lipinski definition) is 3. The topological polar surface area (TPSA) is 52.4 Å². The fourth-order valence-electron chi connectivity index (χ4n) is 1.13.